The fourth-order valence-corrected chi connectivity index (χ4v) is 3.19. The number of carbonyl (C=O) groups excluding carboxylic acids is 3. The molecule has 0 aliphatic carbocycles. The number of aromatic nitrogens is 1. The molecule has 0 bridgehead atoms. The van der Waals surface area contributed by atoms with Crippen molar-refractivity contribution in [1.82, 2.24) is 4.98 Å². The number of carbonyl (C=O) groups is 3. The predicted octanol–water partition coefficient (Wildman–Crippen LogP) is 1.98. The molecule has 9 heteroatoms. The SMILES string of the molecule is CC(=O)c1c(C)[nH]c(C(=O)[C@@H](C)[NH+](C)CC(=O)Nc2ccc(F)c(F)c2F)c1C. The molecular weight excluding hydrogens is 387 g/mol. The van der Waals surface area contributed by atoms with E-state index in [1.807, 2.05) is 0 Å². The predicted molar refractivity (Wildman–Crippen MR) is 101 cm³/mol. The van der Waals surface area contributed by atoms with E-state index in [2.05, 4.69) is 10.3 Å². The van der Waals surface area contributed by atoms with Gasteiger partial charge in [-0.05, 0) is 45.4 Å². The van der Waals surface area contributed by atoms with Gasteiger partial charge < -0.3 is 15.2 Å². The van der Waals surface area contributed by atoms with Crippen molar-refractivity contribution in [3.8, 4) is 0 Å². The molecule has 1 heterocycles. The van der Waals surface area contributed by atoms with Crippen LogP contribution in [0.3, 0.4) is 0 Å². The first-order valence-electron chi connectivity index (χ1n) is 8.95. The Balaban J connectivity index is 2.11. The van der Waals surface area contributed by atoms with Crippen molar-refractivity contribution in [2.45, 2.75) is 33.7 Å². The summed E-state index contributed by atoms with van der Waals surface area (Å²) in [6.45, 7) is 6.19. The summed E-state index contributed by atoms with van der Waals surface area (Å²) in [6.07, 6.45) is 0. The van der Waals surface area contributed by atoms with Gasteiger partial charge in [0, 0.05) is 11.3 Å². The number of aryl methyl sites for hydroxylation is 1. The van der Waals surface area contributed by atoms with Crippen LogP contribution in [0.4, 0.5) is 18.9 Å². The second-order valence-electron chi connectivity index (χ2n) is 7.06. The Bertz CT molecular complexity index is 985. The van der Waals surface area contributed by atoms with Crippen LogP contribution in [0.15, 0.2) is 12.1 Å². The Hall–Kier alpha value is -2.94. The van der Waals surface area contributed by atoms with Gasteiger partial charge in [-0.2, -0.15) is 0 Å². The molecule has 0 aliphatic rings. The standard InChI is InChI=1S/C20H22F3N3O3/c1-9-16(12(4)27)10(2)24-19(9)20(29)11(3)26(5)8-15(28)25-14-7-6-13(21)17(22)18(14)23/h6-7,11,24H,8H2,1-5H3,(H,25,28)/p+1/t11-/m1/s1. The number of hydrogen-bond acceptors (Lipinski definition) is 3. The highest BCUT2D eigenvalue weighted by Crippen LogP contribution is 2.20. The van der Waals surface area contributed by atoms with Gasteiger partial charge in [-0.15, -0.1) is 0 Å². The minimum Gasteiger partial charge on any atom is -0.355 e. The maximum atomic E-state index is 13.7. The van der Waals surface area contributed by atoms with Crippen LogP contribution in [-0.2, 0) is 4.79 Å². The third-order valence-electron chi connectivity index (χ3n) is 4.92. The summed E-state index contributed by atoms with van der Waals surface area (Å²) in [6, 6.07) is 0.969. The van der Waals surface area contributed by atoms with E-state index in [4.69, 9.17) is 0 Å². The van der Waals surface area contributed by atoms with E-state index in [1.165, 1.54) is 6.92 Å². The third kappa shape index (κ3) is 4.56. The second kappa shape index (κ2) is 8.60. The lowest BCUT2D eigenvalue weighted by Crippen LogP contribution is -3.14. The van der Waals surface area contributed by atoms with Crippen LogP contribution in [-0.4, -0.2) is 42.1 Å². The molecule has 156 valence electrons. The maximum Gasteiger partial charge on any atom is 0.279 e. The van der Waals surface area contributed by atoms with Crippen LogP contribution < -0.4 is 10.2 Å². The van der Waals surface area contributed by atoms with Gasteiger partial charge in [0.15, 0.2) is 35.8 Å². The van der Waals surface area contributed by atoms with Crippen molar-refractivity contribution in [3.63, 3.8) is 0 Å². The number of benzene rings is 1. The molecule has 1 amide bonds. The van der Waals surface area contributed by atoms with Gasteiger partial charge in [0.1, 0.15) is 0 Å². The largest absolute Gasteiger partial charge is 0.355 e. The molecule has 6 nitrogen and oxygen atoms in total. The summed E-state index contributed by atoms with van der Waals surface area (Å²) >= 11 is 0. The molecule has 2 rings (SSSR count). The number of anilines is 1. The summed E-state index contributed by atoms with van der Waals surface area (Å²) in [7, 11) is 1.60. The number of aromatic amines is 1. The number of nitrogens with one attached hydrogen (secondary N) is 3. The second-order valence-corrected chi connectivity index (χ2v) is 7.06. The van der Waals surface area contributed by atoms with Crippen LogP contribution >= 0.6 is 0 Å². The average molecular weight is 410 g/mol. The first kappa shape index (κ1) is 22.4. The number of ketones is 2. The van der Waals surface area contributed by atoms with E-state index in [-0.39, 0.29) is 18.1 Å². The van der Waals surface area contributed by atoms with Crippen molar-refractivity contribution in [2.24, 2.45) is 0 Å². The lowest BCUT2D eigenvalue weighted by molar-refractivity contribution is -0.885. The molecule has 0 saturated heterocycles. The normalized spacial score (nSPS) is 13.1. The van der Waals surface area contributed by atoms with Crippen LogP contribution in [0.5, 0.6) is 0 Å². The van der Waals surface area contributed by atoms with Gasteiger partial charge in [0.05, 0.1) is 18.4 Å². The fraction of sp³-hybridized carbons (Fsp3) is 0.350. The van der Waals surface area contributed by atoms with E-state index in [0.717, 1.165) is 6.07 Å². The van der Waals surface area contributed by atoms with Crippen LogP contribution in [0, 0.1) is 31.3 Å². The molecule has 2 aromatic rings. The fourth-order valence-electron chi connectivity index (χ4n) is 3.19. The summed E-state index contributed by atoms with van der Waals surface area (Å²) < 4.78 is 40.0. The van der Waals surface area contributed by atoms with Gasteiger partial charge in [0.2, 0.25) is 5.78 Å². The van der Waals surface area contributed by atoms with Crippen LogP contribution in [0.1, 0.15) is 46.0 Å². The van der Waals surface area contributed by atoms with Gasteiger partial charge in [-0.1, -0.05) is 0 Å². The molecule has 1 aromatic heterocycles. The van der Waals surface area contributed by atoms with E-state index in [0.29, 0.717) is 33.5 Å². The van der Waals surface area contributed by atoms with Crippen molar-refractivity contribution < 1.29 is 32.5 Å². The molecule has 0 radical (unpaired) electrons. The first-order valence-corrected chi connectivity index (χ1v) is 8.95. The zero-order valence-electron chi connectivity index (χ0n) is 16.8. The molecule has 0 spiro atoms. The van der Waals surface area contributed by atoms with Crippen molar-refractivity contribution in [3.05, 3.63) is 52.1 Å². The summed E-state index contributed by atoms with van der Waals surface area (Å²) in [5.41, 5.74) is 1.42. The minimum absolute atomic E-state index is 0.156. The highest BCUT2D eigenvalue weighted by molar-refractivity contribution is 6.04. The maximum absolute atomic E-state index is 13.7. The minimum atomic E-state index is -1.68. The van der Waals surface area contributed by atoms with Gasteiger partial charge >= 0.3 is 0 Å². The average Bonchev–Trinajstić information content (AvgIpc) is 2.95. The topological polar surface area (TPSA) is 83.5 Å². The number of amides is 1. The van der Waals surface area contributed by atoms with Gasteiger partial charge in [-0.25, -0.2) is 13.2 Å². The number of quaternary nitrogens is 1. The van der Waals surface area contributed by atoms with Crippen molar-refractivity contribution >= 4 is 23.2 Å². The number of likely N-dealkylation sites (N-methyl/N-ethyl adjacent to an activating group) is 1. The Labute approximate surface area is 166 Å². The van der Waals surface area contributed by atoms with Crippen molar-refractivity contribution in [1.29, 1.82) is 0 Å². The summed E-state index contributed by atoms with van der Waals surface area (Å²) in [4.78, 5) is 40.2. The number of Topliss-reactive ketones (excluding diaryl/α,β-unsaturated/α-hetero) is 2. The molecule has 0 saturated carbocycles. The Kier molecular flexibility index (Phi) is 6.63. The van der Waals surface area contributed by atoms with Gasteiger partial charge in [0.25, 0.3) is 5.91 Å². The van der Waals surface area contributed by atoms with E-state index in [9.17, 15) is 27.6 Å². The highest BCUT2D eigenvalue weighted by Gasteiger charge is 2.29. The quantitative estimate of drug-likeness (QED) is 0.482. The smallest absolute Gasteiger partial charge is 0.279 e. The monoisotopic (exact) mass is 410 g/mol. The lowest BCUT2D eigenvalue weighted by Gasteiger charge is -2.20. The lowest BCUT2D eigenvalue weighted by atomic mass is 10.0. The highest BCUT2D eigenvalue weighted by atomic mass is 19.2. The first-order chi connectivity index (χ1) is 13.5. The molecule has 29 heavy (non-hydrogen) atoms. The Morgan fingerprint density at radius 2 is 1.76 bits per heavy atom. The molecule has 0 fully saturated rings. The third-order valence-corrected chi connectivity index (χ3v) is 4.92. The van der Waals surface area contributed by atoms with Gasteiger partial charge in [-0.3, -0.25) is 14.4 Å². The molecule has 3 N–H and O–H groups in total. The molecule has 1 unspecified atom stereocenters. The Morgan fingerprint density at radius 1 is 1.14 bits per heavy atom. The number of H-pyrrole nitrogens is 1. The van der Waals surface area contributed by atoms with E-state index < -0.39 is 35.1 Å². The number of rotatable bonds is 7. The molecule has 1 aromatic carbocycles. The summed E-state index contributed by atoms with van der Waals surface area (Å²) in [5, 5.41) is 2.18. The number of halogens is 3. The van der Waals surface area contributed by atoms with Crippen LogP contribution in [0.2, 0.25) is 0 Å². The zero-order chi connectivity index (χ0) is 22.0. The Morgan fingerprint density at radius 3 is 2.31 bits per heavy atom. The molecule has 0 aliphatic heterocycles. The van der Waals surface area contributed by atoms with E-state index >= 15 is 0 Å². The molecule has 2 atom stereocenters. The van der Waals surface area contributed by atoms with Crippen LogP contribution in [0.25, 0.3) is 0 Å². The number of hydrogen-bond donors (Lipinski definition) is 3. The zero-order valence-corrected chi connectivity index (χ0v) is 16.8. The van der Waals surface area contributed by atoms with Crippen molar-refractivity contribution in [2.75, 3.05) is 18.9 Å². The van der Waals surface area contributed by atoms with E-state index in [1.54, 1.807) is 27.8 Å². The summed E-state index contributed by atoms with van der Waals surface area (Å²) in [5.74, 6) is -5.64. The molecular formula is C20H23F3N3O3+.